The summed E-state index contributed by atoms with van der Waals surface area (Å²) in [6.07, 6.45) is 6.28. The molecule has 3 heteroatoms. The Morgan fingerprint density at radius 1 is 1.00 bits per heavy atom. The van der Waals surface area contributed by atoms with Crippen molar-refractivity contribution in [3.63, 3.8) is 0 Å². The lowest BCUT2D eigenvalue weighted by Crippen LogP contribution is -2.25. The molecule has 0 saturated heterocycles. The number of hydrogen-bond acceptors (Lipinski definition) is 2. The number of benzene rings is 2. The van der Waals surface area contributed by atoms with Crippen molar-refractivity contribution in [3.8, 4) is 29.4 Å². The summed E-state index contributed by atoms with van der Waals surface area (Å²) in [6, 6.07) is 11.9. The van der Waals surface area contributed by atoms with Crippen LogP contribution in [0.4, 0.5) is 4.39 Å². The quantitative estimate of drug-likeness (QED) is 0.350. The Labute approximate surface area is 178 Å². The molecule has 30 heavy (non-hydrogen) atoms. The van der Waals surface area contributed by atoms with Gasteiger partial charge >= 0.3 is 5.97 Å². The van der Waals surface area contributed by atoms with Crippen molar-refractivity contribution in [2.45, 2.75) is 52.4 Å². The second-order valence-electron chi connectivity index (χ2n) is 7.77. The molecular weight excluding hydrogens is 375 g/mol. The van der Waals surface area contributed by atoms with Crippen molar-refractivity contribution >= 4 is 5.97 Å². The highest BCUT2D eigenvalue weighted by molar-refractivity contribution is 5.75. The topological polar surface area (TPSA) is 26.3 Å². The lowest BCUT2D eigenvalue weighted by atomic mass is 9.80. The van der Waals surface area contributed by atoms with Gasteiger partial charge in [0.15, 0.2) is 0 Å². The van der Waals surface area contributed by atoms with Gasteiger partial charge in [-0.15, -0.1) is 5.92 Å². The Hall–Kier alpha value is -3.04. The molecule has 0 amide bonds. The zero-order valence-corrected chi connectivity index (χ0v) is 17.6. The van der Waals surface area contributed by atoms with E-state index >= 15 is 0 Å². The van der Waals surface area contributed by atoms with Crippen LogP contribution in [0, 0.1) is 41.3 Å². The van der Waals surface area contributed by atoms with Gasteiger partial charge in [-0.05, 0) is 74.9 Å². The lowest BCUT2D eigenvalue weighted by molar-refractivity contribution is -0.140. The number of hydrogen-bond donors (Lipinski definition) is 0. The Balaban J connectivity index is 1.60. The molecule has 0 atom stereocenters. The summed E-state index contributed by atoms with van der Waals surface area (Å²) < 4.78 is 19.9. The molecular formula is C27H27FO2. The smallest absolute Gasteiger partial charge is 0.314 e. The third-order valence-corrected chi connectivity index (χ3v) is 5.53. The minimum Gasteiger partial charge on any atom is -0.426 e. The van der Waals surface area contributed by atoms with E-state index in [0.29, 0.717) is 0 Å². The molecule has 2 aromatic carbocycles. The van der Waals surface area contributed by atoms with Crippen LogP contribution in [0.25, 0.3) is 0 Å². The van der Waals surface area contributed by atoms with Gasteiger partial charge in [0, 0.05) is 17.2 Å². The molecule has 0 bridgehead atoms. The maximum atomic E-state index is 14.4. The van der Waals surface area contributed by atoms with E-state index in [-0.39, 0.29) is 23.2 Å². The zero-order chi connectivity index (χ0) is 21.3. The standard InChI is InChI=1S/C27H27FO2/c1-3-5-20-7-9-22(10-8-20)11-14-23-17-18-25(19-26(23)28)30-27(29)24-15-12-21(6-4-2)13-16-24/h7-10,17-19,21,24H,4,6,12-13,15-16H2,1-2H3. The van der Waals surface area contributed by atoms with Crippen molar-refractivity contribution in [1.82, 2.24) is 0 Å². The molecule has 0 heterocycles. The Bertz CT molecular complexity index is 991. The summed E-state index contributed by atoms with van der Waals surface area (Å²) in [5, 5.41) is 0. The van der Waals surface area contributed by atoms with Crippen LogP contribution >= 0.6 is 0 Å². The van der Waals surface area contributed by atoms with Crippen LogP contribution in [0.15, 0.2) is 42.5 Å². The predicted octanol–water partition coefficient (Wildman–Crippen LogP) is 6.11. The first-order valence-corrected chi connectivity index (χ1v) is 10.6. The normalized spacial score (nSPS) is 17.8. The average Bonchev–Trinajstić information content (AvgIpc) is 2.75. The number of ether oxygens (including phenoxy) is 1. The number of halogens is 1. The van der Waals surface area contributed by atoms with Gasteiger partial charge in [-0.3, -0.25) is 4.79 Å². The van der Waals surface area contributed by atoms with Crippen molar-refractivity contribution in [2.75, 3.05) is 0 Å². The molecule has 0 spiro atoms. The molecule has 0 N–H and O–H groups in total. The van der Waals surface area contributed by atoms with Crippen LogP contribution in [0.1, 0.15) is 69.1 Å². The number of esters is 1. The second-order valence-corrected chi connectivity index (χ2v) is 7.77. The predicted molar refractivity (Wildman–Crippen MR) is 117 cm³/mol. The Kier molecular flexibility index (Phi) is 7.69. The zero-order valence-electron chi connectivity index (χ0n) is 17.6. The first kappa shape index (κ1) is 21.7. The molecule has 1 aliphatic rings. The summed E-state index contributed by atoms with van der Waals surface area (Å²) in [5.74, 6) is 11.7. The molecule has 1 saturated carbocycles. The maximum absolute atomic E-state index is 14.4. The van der Waals surface area contributed by atoms with Crippen LogP contribution in [-0.2, 0) is 4.79 Å². The number of carbonyl (C=O) groups is 1. The SMILES string of the molecule is CC#Cc1ccc(C#Cc2ccc(OC(=O)C3CCC(CCC)CC3)cc2F)cc1. The van der Waals surface area contributed by atoms with Crippen LogP contribution in [0.5, 0.6) is 5.75 Å². The van der Waals surface area contributed by atoms with Gasteiger partial charge in [0.25, 0.3) is 0 Å². The lowest BCUT2D eigenvalue weighted by Gasteiger charge is -2.26. The van der Waals surface area contributed by atoms with Crippen molar-refractivity contribution < 1.29 is 13.9 Å². The van der Waals surface area contributed by atoms with Crippen LogP contribution < -0.4 is 4.74 Å². The second kappa shape index (κ2) is 10.7. The largest absolute Gasteiger partial charge is 0.426 e. The van der Waals surface area contributed by atoms with E-state index in [4.69, 9.17) is 4.74 Å². The van der Waals surface area contributed by atoms with E-state index in [1.807, 2.05) is 24.3 Å². The van der Waals surface area contributed by atoms with Gasteiger partial charge in [-0.25, -0.2) is 4.39 Å². The average molecular weight is 403 g/mol. The molecule has 2 nitrogen and oxygen atoms in total. The van der Waals surface area contributed by atoms with E-state index in [1.165, 1.54) is 18.9 Å². The monoisotopic (exact) mass is 402 g/mol. The van der Waals surface area contributed by atoms with Crippen LogP contribution in [0.3, 0.4) is 0 Å². The summed E-state index contributed by atoms with van der Waals surface area (Å²) >= 11 is 0. The van der Waals surface area contributed by atoms with Crippen LogP contribution in [-0.4, -0.2) is 5.97 Å². The van der Waals surface area contributed by atoms with E-state index in [9.17, 15) is 9.18 Å². The summed E-state index contributed by atoms with van der Waals surface area (Å²) in [6.45, 7) is 3.98. The van der Waals surface area contributed by atoms with Crippen molar-refractivity contribution in [2.24, 2.45) is 11.8 Å². The maximum Gasteiger partial charge on any atom is 0.314 e. The molecule has 0 radical (unpaired) electrons. The van der Waals surface area contributed by atoms with Gasteiger partial charge in [-0.1, -0.05) is 37.5 Å². The van der Waals surface area contributed by atoms with E-state index in [2.05, 4.69) is 30.6 Å². The van der Waals surface area contributed by atoms with Gasteiger partial charge in [0.1, 0.15) is 11.6 Å². The fourth-order valence-electron chi connectivity index (χ4n) is 3.88. The third-order valence-electron chi connectivity index (χ3n) is 5.53. The highest BCUT2D eigenvalue weighted by atomic mass is 19.1. The fraction of sp³-hybridized carbons (Fsp3) is 0.370. The van der Waals surface area contributed by atoms with Crippen molar-refractivity contribution in [1.29, 1.82) is 0 Å². The van der Waals surface area contributed by atoms with E-state index in [1.54, 1.807) is 19.1 Å². The summed E-state index contributed by atoms with van der Waals surface area (Å²) in [4.78, 5) is 12.4. The van der Waals surface area contributed by atoms with Crippen LogP contribution in [0.2, 0.25) is 0 Å². The number of rotatable bonds is 4. The van der Waals surface area contributed by atoms with Crippen molar-refractivity contribution in [3.05, 3.63) is 65.0 Å². The molecule has 0 aliphatic heterocycles. The van der Waals surface area contributed by atoms with E-state index in [0.717, 1.165) is 42.7 Å². The molecule has 1 aliphatic carbocycles. The van der Waals surface area contributed by atoms with E-state index < -0.39 is 5.82 Å². The first-order valence-electron chi connectivity index (χ1n) is 10.6. The third kappa shape index (κ3) is 5.98. The van der Waals surface area contributed by atoms with Gasteiger partial charge in [0.05, 0.1) is 11.5 Å². The molecule has 3 rings (SSSR count). The minimum absolute atomic E-state index is 0.0824. The molecule has 0 unspecified atom stereocenters. The molecule has 2 aromatic rings. The first-order chi connectivity index (χ1) is 14.6. The molecule has 1 fully saturated rings. The summed E-state index contributed by atoms with van der Waals surface area (Å²) in [7, 11) is 0. The Morgan fingerprint density at radius 2 is 1.67 bits per heavy atom. The fourth-order valence-corrected chi connectivity index (χ4v) is 3.88. The highest BCUT2D eigenvalue weighted by Crippen LogP contribution is 2.32. The van der Waals surface area contributed by atoms with Gasteiger partial charge in [-0.2, -0.15) is 0 Å². The Morgan fingerprint density at radius 3 is 2.27 bits per heavy atom. The van der Waals surface area contributed by atoms with Gasteiger partial charge in [0.2, 0.25) is 0 Å². The highest BCUT2D eigenvalue weighted by Gasteiger charge is 2.27. The summed E-state index contributed by atoms with van der Waals surface area (Å²) in [5.41, 5.74) is 1.97. The molecule has 154 valence electrons. The number of carbonyl (C=O) groups excluding carboxylic acids is 1. The minimum atomic E-state index is -0.493. The van der Waals surface area contributed by atoms with Gasteiger partial charge < -0.3 is 4.74 Å². The molecule has 0 aromatic heterocycles.